The van der Waals surface area contributed by atoms with Gasteiger partial charge in [-0.25, -0.2) is 0 Å². The van der Waals surface area contributed by atoms with Crippen molar-refractivity contribution < 1.29 is 9.84 Å². The summed E-state index contributed by atoms with van der Waals surface area (Å²) in [7, 11) is 0. The largest absolute Gasteiger partial charge is 0.385 e. The van der Waals surface area contributed by atoms with E-state index in [1.807, 2.05) is 44.2 Å². The molecule has 2 aromatic carbocycles. The van der Waals surface area contributed by atoms with E-state index < -0.39 is 5.60 Å². The van der Waals surface area contributed by atoms with Crippen LogP contribution in [0.1, 0.15) is 32.3 Å². The zero-order valence-electron chi connectivity index (χ0n) is 12.7. The highest BCUT2D eigenvalue weighted by molar-refractivity contribution is 5.63. The Balaban J connectivity index is 1.87. The van der Waals surface area contributed by atoms with E-state index in [0.717, 1.165) is 5.56 Å². The van der Waals surface area contributed by atoms with Crippen LogP contribution in [0.3, 0.4) is 0 Å². The van der Waals surface area contributed by atoms with Gasteiger partial charge in [-0.2, -0.15) is 0 Å². The first-order valence-corrected chi connectivity index (χ1v) is 7.51. The minimum Gasteiger partial charge on any atom is -0.385 e. The monoisotopic (exact) mass is 282 g/mol. The Bertz CT molecular complexity index is 601. The third-order valence-corrected chi connectivity index (χ3v) is 4.26. The third kappa shape index (κ3) is 3.02. The molecule has 0 aromatic heterocycles. The van der Waals surface area contributed by atoms with Crippen LogP contribution in [0.5, 0.6) is 0 Å². The second kappa shape index (κ2) is 5.28. The van der Waals surface area contributed by atoms with Crippen molar-refractivity contribution in [3.05, 3.63) is 60.2 Å². The summed E-state index contributed by atoms with van der Waals surface area (Å²) in [5.41, 5.74) is 2.30. The SMILES string of the molecule is CC1(C)CC(O)(c2ccc(-c3ccccc3)cc2)CCO1. The molecule has 2 nitrogen and oxygen atoms in total. The first-order chi connectivity index (χ1) is 9.99. The number of hydrogen-bond acceptors (Lipinski definition) is 2. The van der Waals surface area contributed by atoms with Gasteiger partial charge >= 0.3 is 0 Å². The fraction of sp³-hybridized carbons (Fsp3) is 0.368. The molecule has 0 radical (unpaired) electrons. The number of rotatable bonds is 2. The van der Waals surface area contributed by atoms with E-state index in [4.69, 9.17) is 4.74 Å². The Morgan fingerprint density at radius 2 is 1.52 bits per heavy atom. The summed E-state index contributed by atoms with van der Waals surface area (Å²) in [6.07, 6.45) is 1.28. The van der Waals surface area contributed by atoms with E-state index in [2.05, 4.69) is 24.3 Å². The van der Waals surface area contributed by atoms with Crippen LogP contribution in [0.25, 0.3) is 11.1 Å². The fourth-order valence-corrected chi connectivity index (χ4v) is 3.19. The van der Waals surface area contributed by atoms with Crippen molar-refractivity contribution in [2.24, 2.45) is 0 Å². The molecule has 0 bridgehead atoms. The lowest BCUT2D eigenvalue weighted by molar-refractivity contribution is -0.148. The Morgan fingerprint density at radius 3 is 2.14 bits per heavy atom. The Morgan fingerprint density at radius 1 is 0.905 bits per heavy atom. The average Bonchev–Trinajstić information content (AvgIpc) is 2.47. The molecule has 2 aromatic rings. The van der Waals surface area contributed by atoms with Crippen molar-refractivity contribution >= 4 is 0 Å². The second-order valence-corrected chi connectivity index (χ2v) is 6.51. The normalized spacial score (nSPS) is 24.7. The molecule has 1 aliphatic heterocycles. The predicted molar refractivity (Wildman–Crippen MR) is 85.0 cm³/mol. The molecule has 1 aliphatic rings. The van der Waals surface area contributed by atoms with Crippen LogP contribution >= 0.6 is 0 Å². The maximum Gasteiger partial charge on any atom is 0.0945 e. The molecule has 1 saturated heterocycles. The van der Waals surface area contributed by atoms with Gasteiger partial charge in [0.15, 0.2) is 0 Å². The maximum atomic E-state index is 11.0. The standard InChI is InChI=1S/C19H22O2/c1-18(2)14-19(20,12-13-21-18)17-10-8-16(9-11-17)15-6-4-3-5-7-15/h3-11,20H,12-14H2,1-2H3. The van der Waals surface area contributed by atoms with Crippen molar-refractivity contribution in [2.45, 2.75) is 37.9 Å². The highest BCUT2D eigenvalue weighted by Crippen LogP contribution is 2.39. The van der Waals surface area contributed by atoms with Gasteiger partial charge in [-0.3, -0.25) is 0 Å². The number of hydrogen-bond donors (Lipinski definition) is 1. The molecule has 110 valence electrons. The van der Waals surface area contributed by atoms with E-state index in [9.17, 15) is 5.11 Å². The zero-order chi connectivity index (χ0) is 14.9. The van der Waals surface area contributed by atoms with Gasteiger partial charge < -0.3 is 9.84 Å². The highest BCUT2D eigenvalue weighted by Gasteiger charge is 2.40. The summed E-state index contributed by atoms with van der Waals surface area (Å²) >= 11 is 0. The van der Waals surface area contributed by atoms with Gasteiger partial charge in [-0.1, -0.05) is 54.6 Å². The first-order valence-electron chi connectivity index (χ1n) is 7.51. The van der Waals surface area contributed by atoms with Crippen molar-refractivity contribution in [2.75, 3.05) is 6.61 Å². The van der Waals surface area contributed by atoms with Gasteiger partial charge in [0, 0.05) is 12.8 Å². The van der Waals surface area contributed by atoms with Gasteiger partial charge in [0.2, 0.25) is 0 Å². The van der Waals surface area contributed by atoms with E-state index >= 15 is 0 Å². The summed E-state index contributed by atoms with van der Waals surface area (Å²) in [5.74, 6) is 0. The van der Waals surface area contributed by atoms with Crippen LogP contribution in [0.2, 0.25) is 0 Å². The summed E-state index contributed by atoms with van der Waals surface area (Å²) in [4.78, 5) is 0. The third-order valence-electron chi connectivity index (χ3n) is 4.26. The Hall–Kier alpha value is -1.64. The number of aliphatic hydroxyl groups is 1. The number of benzene rings is 2. The Labute approximate surface area is 126 Å². The highest BCUT2D eigenvalue weighted by atomic mass is 16.5. The zero-order valence-corrected chi connectivity index (χ0v) is 12.7. The average molecular weight is 282 g/mol. The molecule has 0 amide bonds. The molecule has 1 fully saturated rings. The molecule has 1 heterocycles. The van der Waals surface area contributed by atoms with Crippen molar-refractivity contribution in [1.29, 1.82) is 0 Å². The molecule has 2 heteroatoms. The van der Waals surface area contributed by atoms with Gasteiger partial charge in [0.05, 0.1) is 17.8 Å². The predicted octanol–water partition coefficient (Wildman–Crippen LogP) is 4.13. The maximum absolute atomic E-state index is 11.0. The van der Waals surface area contributed by atoms with Crippen molar-refractivity contribution in [1.82, 2.24) is 0 Å². The van der Waals surface area contributed by atoms with Gasteiger partial charge in [0.1, 0.15) is 0 Å². The summed E-state index contributed by atoms with van der Waals surface area (Å²) in [6, 6.07) is 18.6. The van der Waals surface area contributed by atoms with Crippen LogP contribution < -0.4 is 0 Å². The first kappa shape index (κ1) is 14.3. The fourth-order valence-electron chi connectivity index (χ4n) is 3.19. The quantitative estimate of drug-likeness (QED) is 0.897. The summed E-state index contributed by atoms with van der Waals surface area (Å²) in [6.45, 7) is 4.68. The molecular weight excluding hydrogens is 260 g/mol. The van der Waals surface area contributed by atoms with Crippen molar-refractivity contribution in [3.8, 4) is 11.1 Å². The summed E-state index contributed by atoms with van der Waals surface area (Å²) in [5, 5.41) is 11.0. The molecule has 0 spiro atoms. The lowest BCUT2D eigenvalue weighted by Gasteiger charge is -2.41. The van der Waals surface area contributed by atoms with E-state index in [-0.39, 0.29) is 5.60 Å². The topological polar surface area (TPSA) is 29.5 Å². The minimum atomic E-state index is -0.781. The van der Waals surface area contributed by atoms with Gasteiger partial charge in [0.25, 0.3) is 0 Å². The smallest absolute Gasteiger partial charge is 0.0945 e. The van der Waals surface area contributed by atoms with Crippen LogP contribution in [0, 0.1) is 0 Å². The van der Waals surface area contributed by atoms with Gasteiger partial charge in [-0.05, 0) is 30.5 Å². The van der Waals surface area contributed by atoms with E-state index in [0.29, 0.717) is 19.4 Å². The molecule has 0 saturated carbocycles. The summed E-state index contributed by atoms with van der Waals surface area (Å²) < 4.78 is 5.72. The van der Waals surface area contributed by atoms with Crippen molar-refractivity contribution in [3.63, 3.8) is 0 Å². The molecular formula is C19H22O2. The lowest BCUT2D eigenvalue weighted by atomic mass is 9.79. The number of ether oxygens (including phenoxy) is 1. The van der Waals surface area contributed by atoms with Crippen LogP contribution in [-0.2, 0) is 10.3 Å². The molecule has 3 rings (SSSR count). The molecule has 1 N–H and O–H groups in total. The molecule has 1 unspecified atom stereocenters. The van der Waals surface area contributed by atoms with Crippen LogP contribution in [-0.4, -0.2) is 17.3 Å². The van der Waals surface area contributed by atoms with Gasteiger partial charge in [-0.15, -0.1) is 0 Å². The second-order valence-electron chi connectivity index (χ2n) is 6.51. The molecule has 1 atom stereocenters. The van der Waals surface area contributed by atoms with E-state index in [1.54, 1.807) is 0 Å². The van der Waals surface area contributed by atoms with E-state index in [1.165, 1.54) is 11.1 Å². The molecule has 21 heavy (non-hydrogen) atoms. The Kier molecular flexibility index (Phi) is 3.60. The minimum absolute atomic E-state index is 0.273. The lowest BCUT2D eigenvalue weighted by Crippen LogP contribution is -2.43. The van der Waals surface area contributed by atoms with Crippen LogP contribution in [0.15, 0.2) is 54.6 Å². The molecule has 0 aliphatic carbocycles. The van der Waals surface area contributed by atoms with Crippen LogP contribution in [0.4, 0.5) is 0 Å².